The molecule has 0 aromatic heterocycles. The molecule has 0 spiro atoms. The molecule has 5 heteroatoms. The number of carbonyl (C=O) groups is 1. The lowest BCUT2D eigenvalue weighted by Crippen LogP contribution is -2.38. The van der Waals surface area contributed by atoms with Crippen molar-refractivity contribution in [3.8, 4) is 5.75 Å². The van der Waals surface area contributed by atoms with Crippen LogP contribution in [0.1, 0.15) is 38.8 Å². The Morgan fingerprint density at radius 2 is 2.10 bits per heavy atom. The van der Waals surface area contributed by atoms with Gasteiger partial charge in [0.25, 0.3) is 0 Å². The third kappa shape index (κ3) is 4.81. The quantitative estimate of drug-likeness (QED) is 0.807. The van der Waals surface area contributed by atoms with Gasteiger partial charge in [-0.25, -0.2) is 4.39 Å². The minimum atomic E-state index is -0.348. The van der Waals surface area contributed by atoms with Crippen LogP contribution < -0.4 is 15.4 Å². The highest BCUT2D eigenvalue weighted by atomic mass is 19.1. The summed E-state index contributed by atoms with van der Waals surface area (Å²) in [7, 11) is 1.52. The molecule has 1 aromatic carbocycles. The van der Waals surface area contributed by atoms with E-state index in [2.05, 4.69) is 17.6 Å². The van der Waals surface area contributed by atoms with Crippen LogP contribution in [0.4, 0.5) is 4.39 Å². The van der Waals surface area contributed by atoms with Crippen molar-refractivity contribution in [2.24, 2.45) is 0 Å². The summed E-state index contributed by atoms with van der Waals surface area (Å²) < 4.78 is 18.5. The summed E-state index contributed by atoms with van der Waals surface area (Å²) >= 11 is 0. The zero-order chi connectivity index (χ0) is 15.1. The summed E-state index contributed by atoms with van der Waals surface area (Å²) in [5.41, 5.74) is 0.629. The fraction of sp³-hybridized carbons (Fsp3) is 0.533. The molecular formula is C15H23FN2O2. The van der Waals surface area contributed by atoms with Crippen LogP contribution in [-0.4, -0.2) is 25.6 Å². The van der Waals surface area contributed by atoms with Crippen molar-refractivity contribution in [2.75, 3.05) is 13.7 Å². The molecule has 1 aromatic rings. The largest absolute Gasteiger partial charge is 0.496 e. The number of carbonyl (C=O) groups excluding carboxylic acids is 1. The lowest BCUT2D eigenvalue weighted by atomic mass is 10.1. The number of amides is 1. The predicted octanol–water partition coefficient (Wildman–Crippen LogP) is 2.40. The van der Waals surface area contributed by atoms with Gasteiger partial charge in [0.05, 0.1) is 19.7 Å². The van der Waals surface area contributed by atoms with Gasteiger partial charge in [-0.15, -0.1) is 0 Å². The van der Waals surface area contributed by atoms with Crippen LogP contribution in [-0.2, 0) is 4.79 Å². The molecule has 2 N–H and O–H groups in total. The molecule has 1 amide bonds. The second kappa shape index (κ2) is 7.85. The van der Waals surface area contributed by atoms with Gasteiger partial charge in [-0.3, -0.25) is 4.79 Å². The molecule has 112 valence electrons. The smallest absolute Gasteiger partial charge is 0.234 e. The molecule has 0 heterocycles. The van der Waals surface area contributed by atoms with Crippen LogP contribution in [0.3, 0.4) is 0 Å². The van der Waals surface area contributed by atoms with Crippen molar-refractivity contribution in [1.29, 1.82) is 0 Å². The fourth-order valence-electron chi connectivity index (χ4n) is 1.83. The highest BCUT2D eigenvalue weighted by Gasteiger charge is 2.15. The molecule has 0 radical (unpaired) electrons. The maximum atomic E-state index is 13.3. The van der Waals surface area contributed by atoms with Gasteiger partial charge in [-0.1, -0.05) is 6.92 Å². The van der Waals surface area contributed by atoms with E-state index in [-0.39, 0.29) is 24.3 Å². The predicted molar refractivity (Wildman–Crippen MR) is 77.3 cm³/mol. The molecule has 0 bridgehead atoms. The molecular weight excluding hydrogens is 259 g/mol. The lowest BCUT2D eigenvalue weighted by Gasteiger charge is -2.18. The minimum absolute atomic E-state index is 0.121. The Balaban J connectivity index is 2.64. The van der Waals surface area contributed by atoms with Crippen molar-refractivity contribution in [1.82, 2.24) is 10.6 Å². The molecule has 0 saturated heterocycles. The molecule has 1 rings (SSSR count). The molecule has 2 unspecified atom stereocenters. The summed E-state index contributed by atoms with van der Waals surface area (Å²) in [6.45, 7) is 6.12. The molecule has 4 nitrogen and oxygen atoms in total. The molecule has 0 aliphatic rings. The number of nitrogens with one attached hydrogen (secondary N) is 2. The average molecular weight is 282 g/mol. The minimum Gasteiger partial charge on any atom is -0.496 e. The summed E-state index contributed by atoms with van der Waals surface area (Å²) in [4.78, 5) is 11.8. The molecule has 0 saturated carbocycles. The molecule has 0 fully saturated rings. The third-order valence-corrected chi connectivity index (χ3v) is 3.26. The zero-order valence-corrected chi connectivity index (χ0v) is 12.5. The van der Waals surface area contributed by atoms with Crippen LogP contribution in [0.25, 0.3) is 0 Å². The van der Waals surface area contributed by atoms with E-state index in [0.717, 1.165) is 6.42 Å². The summed E-state index contributed by atoms with van der Waals surface area (Å²) in [5.74, 6) is 0.0952. The SMILES string of the molecule is CCC(C)NCC(=O)NC(C)c1cc(F)ccc1OC. The van der Waals surface area contributed by atoms with Gasteiger partial charge in [0.15, 0.2) is 0 Å². The zero-order valence-electron chi connectivity index (χ0n) is 12.5. The molecule has 20 heavy (non-hydrogen) atoms. The first-order valence-corrected chi connectivity index (χ1v) is 6.84. The second-order valence-corrected chi connectivity index (χ2v) is 4.87. The Bertz CT molecular complexity index is 451. The van der Waals surface area contributed by atoms with Crippen LogP contribution in [0, 0.1) is 5.82 Å². The standard InChI is InChI=1S/C15H23FN2O2/c1-5-10(2)17-9-15(19)18-11(3)13-8-12(16)6-7-14(13)20-4/h6-8,10-11,17H,5,9H2,1-4H3,(H,18,19). The highest BCUT2D eigenvalue weighted by molar-refractivity contribution is 5.78. The average Bonchev–Trinajstić information content (AvgIpc) is 2.44. The van der Waals surface area contributed by atoms with Crippen molar-refractivity contribution in [3.63, 3.8) is 0 Å². The number of hydrogen-bond donors (Lipinski definition) is 2. The Morgan fingerprint density at radius 1 is 1.40 bits per heavy atom. The van der Waals surface area contributed by atoms with E-state index in [4.69, 9.17) is 4.74 Å². The van der Waals surface area contributed by atoms with Crippen molar-refractivity contribution >= 4 is 5.91 Å². The van der Waals surface area contributed by atoms with Gasteiger partial charge < -0.3 is 15.4 Å². The first-order chi connectivity index (χ1) is 9.47. The number of hydrogen-bond acceptors (Lipinski definition) is 3. The Kier molecular flexibility index (Phi) is 6.45. The van der Waals surface area contributed by atoms with Gasteiger partial charge in [0.2, 0.25) is 5.91 Å². The Hall–Kier alpha value is -1.62. The van der Waals surface area contributed by atoms with Crippen LogP contribution in [0.2, 0.25) is 0 Å². The van der Waals surface area contributed by atoms with E-state index in [9.17, 15) is 9.18 Å². The van der Waals surface area contributed by atoms with E-state index in [1.165, 1.54) is 19.2 Å². The maximum Gasteiger partial charge on any atom is 0.234 e. The lowest BCUT2D eigenvalue weighted by molar-refractivity contribution is -0.121. The van der Waals surface area contributed by atoms with Crippen LogP contribution in [0.5, 0.6) is 5.75 Å². The highest BCUT2D eigenvalue weighted by Crippen LogP contribution is 2.25. The van der Waals surface area contributed by atoms with Gasteiger partial charge in [0, 0.05) is 11.6 Å². The van der Waals surface area contributed by atoms with E-state index in [0.29, 0.717) is 17.4 Å². The van der Waals surface area contributed by atoms with Gasteiger partial charge in [-0.2, -0.15) is 0 Å². The summed E-state index contributed by atoms with van der Waals surface area (Å²) in [5, 5.41) is 5.94. The molecule has 0 aliphatic heterocycles. The summed E-state index contributed by atoms with van der Waals surface area (Å²) in [6, 6.07) is 4.25. The van der Waals surface area contributed by atoms with E-state index < -0.39 is 0 Å². The van der Waals surface area contributed by atoms with Gasteiger partial charge in [0.1, 0.15) is 11.6 Å². The van der Waals surface area contributed by atoms with Crippen molar-refractivity contribution < 1.29 is 13.9 Å². The Labute approximate surface area is 119 Å². The van der Waals surface area contributed by atoms with Crippen LogP contribution in [0.15, 0.2) is 18.2 Å². The second-order valence-electron chi connectivity index (χ2n) is 4.87. The molecule has 0 aliphatic carbocycles. The normalized spacial score (nSPS) is 13.7. The van der Waals surface area contributed by atoms with Crippen LogP contribution >= 0.6 is 0 Å². The van der Waals surface area contributed by atoms with Crippen molar-refractivity contribution in [2.45, 2.75) is 39.3 Å². The number of benzene rings is 1. The van der Waals surface area contributed by atoms with E-state index >= 15 is 0 Å². The monoisotopic (exact) mass is 282 g/mol. The number of ether oxygens (including phenoxy) is 1. The number of rotatable bonds is 7. The third-order valence-electron chi connectivity index (χ3n) is 3.26. The summed E-state index contributed by atoms with van der Waals surface area (Å²) in [6.07, 6.45) is 0.959. The molecule has 2 atom stereocenters. The van der Waals surface area contributed by atoms with Crippen molar-refractivity contribution in [3.05, 3.63) is 29.6 Å². The first-order valence-electron chi connectivity index (χ1n) is 6.84. The van der Waals surface area contributed by atoms with Gasteiger partial charge >= 0.3 is 0 Å². The van der Waals surface area contributed by atoms with E-state index in [1.54, 1.807) is 13.0 Å². The fourth-order valence-corrected chi connectivity index (χ4v) is 1.83. The Morgan fingerprint density at radius 3 is 2.70 bits per heavy atom. The maximum absolute atomic E-state index is 13.3. The number of halogens is 1. The topological polar surface area (TPSA) is 50.4 Å². The number of methoxy groups -OCH3 is 1. The van der Waals surface area contributed by atoms with E-state index in [1.807, 2.05) is 6.92 Å². The first kappa shape index (κ1) is 16.4. The van der Waals surface area contributed by atoms with Gasteiger partial charge in [-0.05, 0) is 38.5 Å².